The first-order valence-corrected chi connectivity index (χ1v) is 7.62. The number of halogens is 2. The minimum atomic E-state index is -3.97. The van der Waals surface area contributed by atoms with E-state index in [9.17, 15) is 22.0 Å². The van der Waals surface area contributed by atoms with Crippen LogP contribution in [0.1, 0.15) is 15.9 Å². The third kappa shape index (κ3) is 3.66. The predicted molar refractivity (Wildman–Crippen MR) is 76.9 cm³/mol. The number of nitrogens with two attached hydrogens (primary N) is 1. The summed E-state index contributed by atoms with van der Waals surface area (Å²) >= 11 is 0. The molecule has 0 aliphatic carbocycles. The van der Waals surface area contributed by atoms with Gasteiger partial charge in [-0.25, -0.2) is 22.3 Å². The van der Waals surface area contributed by atoms with Gasteiger partial charge in [0.2, 0.25) is 10.0 Å². The molecule has 0 saturated carbocycles. The summed E-state index contributed by atoms with van der Waals surface area (Å²) < 4.78 is 49.0. The monoisotopic (exact) mass is 326 g/mol. The summed E-state index contributed by atoms with van der Waals surface area (Å²) in [6, 6.07) is 6.50. The first-order chi connectivity index (χ1) is 10.2. The molecule has 8 heteroatoms. The number of aryl methyl sites for hydroxylation is 1. The molecular weight excluding hydrogens is 314 g/mol. The lowest BCUT2D eigenvalue weighted by molar-refractivity contribution is 0.102. The summed E-state index contributed by atoms with van der Waals surface area (Å²) in [5.41, 5.74) is 0.272. The fourth-order valence-electron chi connectivity index (χ4n) is 1.83. The Bertz CT molecular complexity index is 851. The van der Waals surface area contributed by atoms with Gasteiger partial charge in [0.25, 0.3) is 5.91 Å². The highest BCUT2D eigenvalue weighted by molar-refractivity contribution is 7.89. The van der Waals surface area contributed by atoms with Gasteiger partial charge in [-0.15, -0.1) is 0 Å². The van der Waals surface area contributed by atoms with Crippen LogP contribution in [-0.2, 0) is 10.0 Å². The van der Waals surface area contributed by atoms with Crippen molar-refractivity contribution in [3.05, 3.63) is 59.2 Å². The van der Waals surface area contributed by atoms with Crippen molar-refractivity contribution in [1.82, 2.24) is 0 Å². The molecule has 22 heavy (non-hydrogen) atoms. The highest BCUT2D eigenvalue weighted by Gasteiger charge is 2.15. The van der Waals surface area contributed by atoms with Gasteiger partial charge >= 0.3 is 0 Å². The molecule has 0 aliphatic heterocycles. The first-order valence-electron chi connectivity index (χ1n) is 6.08. The van der Waals surface area contributed by atoms with E-state index in [2.05, 4.69) is 5.32 Å². The number of anilines is 1. The Kier molecular flexibility index (Phi) is 4.25. The van der Waals surface area contributed by atoms with Crippen LogP contribution in [-0.4, -0.2) is 14.3 Å². The van der Waals surface area contributed by atoms with E-state index >= 15 is 0 Å². The van der Waals surface area contributed by atoms with Crippen LogP contribution in [0.15, 0.2) is 41.3 Å². The molecule has 116 valence electrons. The predicted octanol–water partition coefficient (Wildman–Crippen LogP) is 2.17. The molecule has 1 amide bonds. The lowest BCUT2D eigenvalue weighted by Gasteiger charge is -2.08. The second kappa shape index (κ2) is 5.82. The molecule has 2 aromatic carbocycles. The summed E-state index contributed by atoms with van der Waals surface area (Å²) in [6.07, 6.45) is 0. The van der Waals surface area contributed by atoms with Gasteiger partial charge in [0.15, 0.2) is 0 Å². The lowest BCUT2D eigenvalue weighted by atomic mass is 10.1. The SMILES string of the molecule is Cc1cc(C(=O)Nc2ccc(F)cc2F)cc(S(N)(=O)=O)c1. The van der Waals surface area contributed by atoms with Crippen molar-refractivity contribution < 1.29 is 22.0 Å². The summed E-state index contributed by atoms with van der Waals surface area (Å²) in [5, 5.41) is 7.27. The Balaban J connectivity index is 2.36. The van der Waals surface area contributed by atoms with Crippen molar-refractivity contribution in [2.45, 2.75) is 11.8 Å². The van der Waals surface area contributed by atoms with E-state index in [4.69, 9.17) is 5.14 Å². The van der Waals surface area contributed by atoms with E-state index in [0.717, 1.165) is 18.2 Å². The first kappa shape index (κ1) is 16.1. The van der Waals surface area contributed by atoms with Gasteiger partial charge in [-0.1, -0.05) is 0 Å². The zero-order valence-corrected chi connectivity index (χ0v) is 12.2. The average molecular weight is 326 g/mol. The standard InChI is InChI=1S/C14H12F2N2O3S/c1-8-4-9(6-11(5-8)22(17,20)21)14(19)18-13-3-2-10(15)7-12(13)16/h2-7H,1H3,(H,18,19)(H2,17,20,21). The van der Waals surface area contributed by atoms with Gasteiger partial charge in [0, 0.05) is 11.6 Å². The lowest BCUT2D eigenvalue weighted by Crippen LogP contribution is -2.16. The molecule has 0 fully saturated rings. The van der Waals surface area contributed by atoms with E-state index in [1.54, 1.807) is 6.92 Å². The molecule has 0 atom stereocenters. The smallest absolute Gasteiger partial charge is 0.255 e. The summed E-state index contributed by atoms with van der Waals surface area (Å²) in [5.74, 6) is -2.45. The number of benzene rings is 2. The summed E-state index contributed by atoms with van der Waals surface area (Å²) in [4.78, 5) is 11.9. The van der Waals surface area contributed by atoms with Crippen LogP contribution in [0.3, 0.4) is 0 Å². The molecule has 2 aromatic rings. The van der Waals surface area contributed by atoms with Crippen LogP contribution >= 0.6 is 0 Å². The number of amides is 1. The second-order valence-electron chi connectivity index (χ2n) is 4.66. The third-order valence-corrected chi connectivity index (χ3v) is 3.71. The zero-order chi connectivity index (χ0) is 16.5. The molecule has 0 bridgehead atoms. The Morgan fingerprint density at radius 3 is 2.41 bits per heavy atom. The highest BCUT2D eigenvalue weighted by atomic mass is 32.2. The van der Waals surface area contributed by atoms with E-state index in [1.165, 1.54) is 12.1 Å². The quantitative estimate of drug-likeness (QED) is 0.906. The summed E-state index contributed by atoms with van der Waals surface area (Å²) in [6.45, 7) is 1.59. The number of carbonyl (C=O) groups excluding carboxylic acids is 1. The molecular formula is C14H12F2N2O3S. The normalized spacial score (nSPS) is 11.3. The number of rotatable bonds is 3. The van der Waals surface area contributed by atoms with E-state index < -0.39 is 27.6 Å². The number of hydrogen-bond donors (Lipinski definition) is 2. The molecule has 0 heterocycles. The maximum atomic E-state index is 13.5. The maximum absolute atomic E-state index is 13.5. The van der Waals surface area contributed by atoms with Gasteiger partial charge in [0.1, 0.15) is 11.6 Å². The van der Waals surface area contributed by atoms with Crippen molar-refractivity contribution in [1.29, 1.82) is 0 Å². The second-order valence-corrected chi connectivity index (χ2v) is 6.22. The number of nitrogens with one attached hydrogen (secondary N) is 1. The van der Waals surface area contributed by atoms with Crippen LogP contribution in [0.4, 0.5) is 14.5 Å². The Hall–Kier alpha value is -2.32. The zero-order valence-electron chi connectivity index (χ0n) is 11.4. The van der Waals surface area contributed by atoms with Gasteiger partial charge in [-0.3, -0.25) is 4.79 Å². The number of primary sulfonamides is 1. The van der Waals surface area contributed by atoms with Gasteiger partial charge in [-0.05, 0) is 42.8 Å². The van der Waals surface area contributed by atoms with Crippen molar-refractivity contribution in [2.75, 3.05) is 5.32 Å². The Morgan fingerprint density at radius 2 is 1.82 bits per heavy atom. The molecule has 0 radical (unpaired) electrons. The average Bonchev–Trinajstić information content (AvgIpc) is 2.40. The molecule has 0 unspecified atom stereocenters. The maximum Gasteiger partial charge on any atom is 0.255 e. The molecule has 3 N–H and O–H groups in total. The topological polar surface area (TPSA) is 89.3 Å². The largest absolute Gasteiger partial charge is 0.319 e. The van der Waals surface area contributed by atoms with Gasteiger partial charge < -0.3 is 5.32 Å². The molecule has 5 nitrogen and oxygen atoms in total. The van der Waals surface area contributed by atoms with Crippen molar-refractivity contribution >= 4 is 21.6 Å². The minimum Gasteiger partial charge on any atom is -0.319 e. The highest BCUT2D eigenvalue weighted by Crippen LogP contribution is 2.18. The van der Waals surface area contributed by atoms with Crippen molar-refractivity contribution in [2.24, 2.45) is 5.14 Å². The number of hydrogen-bond acceptors (Lipinski definition) is 3. The molecule has 0 aliphatic rings. The van der Waals surface area contributed by atoms with E-state index in [1.807, 2.05) is 0 Å². The Labute approximate surface area is 125 Å². The van der Waals surface area contributed by atoms with Crippen LogP contribution < -0.4 is 10.5 Å². The molecule has 0 aromatic heterocycles. The number of sulfonamides is 1. The van der Waals surface area contributed by atoms with Gasteiger partial charge in [-0.2, -0.15) is 0 Å². The summed E-state index contributed by atoms with van der Waals surface area (Å²) in [7, 11) is -3.97. The van der Waals surface area contributed by atoms with Crippen LogP contribution in [0.5, 0.6) is 0 Å². The van der Waals surface area contributed by atoms with Crippen LogP contribution in [0.25, 0.3) is 0 Å². The molecule has 0 spiro atoms. The van der Waals surface area contributed by atoms with Crippen LogP contribution in [0, 0.1) is 18.6 Å². The Morgan fingerprint density at radius 1 is 1.14 bits per heavy atom. The molecule has 0 saturated heterocycles. The van der Waals surface area contributed by atoms with E-state index in [-0.39, 0.29) is 16.1 Å². The van der Waals surface area contributed by atoms with Crippen LogP contribution in [0.2, 0.25) is 0 Å². The third-order valence-electron chi connectivity index (χ3n) is 2.82. The fourth-order valence-corrected chi connectivity index (χ4v) is 2.47. The number of carbonyl (C=O) groups is 1. The molecule has 2 rings (SSSR count). The van der Waals surface area contributed by atoms with Gasteiger partial charge in [0.05, 0.1) is 10.6 Å². The van der Waals surface area contributed by atoms with Crippen molar-refractivity contribution in [3.8, 4) is 0 Å². The van der Waals surface area contributed by atoms with E-state index in [0.29, 0.717) is 11.6 Å². The fraction of sp³-hybridized carbons (Fsp3) is 0.0714. The minimum absolute atomic E-state index is 0.00671. The van der Waals surface area contributed by atoms with Crippen molar-refractivity contribution in [3.63, 3.8) is 0 Å².